The lowest BCUT2D eigenvalue weighted by Crippen LogP contribution is -2.61. The Hall–Kier alpha value is -1.17. The van der Waals surface area contributed by atoms with Crippen LogP contribution in [-0.4, -0.2) is 44.4 Å². The maximum atomic E-state index is 13.0. The minimum absolute atomic E-state index is 0.0584. The number of amides is 1. The summed E-state index contributed by atoms with van der Waals surface area (Å²) in [5.74, 6) is 1.17. The number of nitrogens with zero attached hydrogens (tertiary/aromatic N) is 1. The smallest absolute Gasteiger partial charge is 0.225 e. The Morgan fingerprint density at radius 2 is 2.00 bits per heavy atom. The molecule has 2 saturated heterocycles. The lowest BCUT2D eigenvalue weighted by atomic mass is 9.68. The van der Waals surface area contributed by atoms with Crippen molar-refractivity contribution < 1.29 is 14.3 Å². The van der Waals surface area contributed by atoms with Gasteiger partial charge in [0.15, 0.2) is 0 Å². The van der Waals surface area contributed by atoms with Crippen LogP contribution in [0.25, 0.3) is 0 Å². The first-order valence-electron chi connectivity index (χ1n) is 11.0. The summed E-state index contributed by atoms with van der Waals surface area (Å²) < 4.78 is 12.7. The molecule has 1 aromatic carbocycles. The Labute approximate surface area is 170 Å². The fourth-order valence-electron chi connectivity index (χ4n) is 5.46. The molecule has 2 heterocycles. The fourth-order valence-corrected chi connectivity index (χ4v) is 6.22. The quantitative estimate of drug-likeness (QED) is 0.505. The third-order valence-electron chi connectivity index (χ3n) is 6.92. The first kappa shape index (κ1) is 20.1. The van der Waals surface area contributed by atoms with Gasteiger partial charge in [-0.1, -0.05) is 50.0 Å². The van der Waals surface area contributed by atoms with Crippen molar-refractivity contribution in [2.75, 3.05) is 19.8 Å². The van der Waals surface area contributed by atoms with Crippen LogP contribution >= 0.6 is 0 Å². The van der Waals surface area contributed by atoms with E-state index in [1.807, 2.05) is 6.07 Å². The normalized spacial score (nSPS) is 32.9. The predicted octanol–water partition coefficient (Wildman–Crippen LogP) is 4.85. The molecule has 4 atom stereocenters. The highest BCUT2D eigenvalue weighted by atomic mass is 28.3. The van der Waals surface area contributed by atoms with E-state index in [4.69, 9.17) is 9.47 Å². The van der Waals surface area contributed by atoms with Crippen LogP contribution < -0.4 is 0 Å². The van der Waals surface area contributed by atoms with Gasteiger partial charge < -0.3 is 14.4 Å². The van der Waals surface area contributed by atoms with Gasteiger partial charge in [-0.3, -0.25) is 4.79 Å². The molecule has 154 valence electrons. The van der Waals surface area contributed by atoms with E-state index in [1.165, 1.54) is 18.0 Å². The first-order chi connectivity index (χ1) is 13.4. The van der Waals surface area contributed by atoms with E-state index in [-0.39, 0.29) is 11.9 Å². The number of ether oxygens (including phenoxy) is 2. The summed E-state index contributed by atoms with van der Waals surface area (Å²) in [6, 6.07) is 11.7. The van der Waals surface area contributed by atoms with E-state index in [1.54, 1.807) is 0 Å². The van der Waals surface area contributed by atoms with Gasteiger partial charge in [0.2, 0.25) is 5.91 Å². The second-order valence-electron chi connectivity index (χ2n) is 10.0. The van der Waals surface area contributed by atoms with E-state index in [9.17, 15) is 4.79 Å². The van der Waals surface area contributed by atoms with Crippen LogP contribution in [-0.2, 0) is 14.3 Å². The number of hydrogen-bond acceptors (Lipinski definition) is 3. The van der Waals surface area contributed by atoms with Gasteiger partial charge >= 0.3 is 0 Å². The molecule has 3 fully saturated rings. The van der Waals surface area contributed by atoms with E-state index >= 15 is 0 Å². The molecule has 0 N–H and O–H groups in total. The standard InChI is InChI=1S/C23H35NO3Si/c1-28(2,3)15-14-26-16-19-10-7-13-23-20(19)11-12-22(25)24(23)21(17-27-23)18-8-5-4-6-9-18/h4-6,8-9,19-21H,7,10-17H2,1-3H3/t19-,20-,21-,23-/m0/s1. The zero-order valence-electron chi connectivity index (χ0n) is 17.7. The molecule has 0 bridgehead atoms. The SMILES string of the molecule is C[Si](C)(C)CCOC[C@@H]1CCC[C@@]23OC[C@@H](c4ccccc4)N2C(=O)CC[C@@H]13. The Morgan fingerprint density at radius 1 is 1.21 bits per heavy atom. The Balaban J connectivity index is 1.50. The Bertz CT molecular complexity index is 689. The zero-order valence-corrected chi connectivity index (χ0v) is 18.7. The van der Waals surface area contributed by atoms with Gasteiger partial charge in [0.05, 0.1) is 12.6 Å². The average Bonchev–Trinajstić information content (AvgIpc) is 3.05. The number of carbonyl (C=O) groups is 1. The maximum Gasteiger partial charge on any atom is 0.225 e. The summed E-state index contributed by atoms with van der Waals surface area (Å²) in [6.45, 7) is 9.50. The second kappa shape index (κ2) is 7.92. The number of rotatable bonds is 6. The Kier molecular flexibility index (Phi) is 5.69. The highest BCUT2D eigenvalue weighted by Crippen LogP contribution is 2.54. The molecule has 1 spiro atoms. The largest absolute Gasteiger partial charge is 0.381 e. The predicted molar refractivity (Wildman–Crippen MR) is 114 cm³/mol. The fraction of sp³-hybridized carbons (Fsp3) is 0.696. The van der Waals surface area contributed by atoms with Gasteiger partial charge in [-0.2, -0.15) is 0 Å². The summed E-state index contributed by atoms with van der Waals surface area (Å²) in [7, 11) is -1.06. The Morgan fingerprint density at radius 3 is 2.75 bits per heavy atom. The first-order valence-corrected chi connectivity index (χ1v) is 14.7. The topological polar surface area (TPSA) is 38.8 Å². The van der Waals surface area contributed by atoms with Crippen LogP contribution in [0.5, 0.6) is 0 Å². The number of carbonyl (C=O) groups excluding carboxylic acids is 1. The molecule has 0 aromatic heterocycles. The average molecular weight is 402 g/mol. The molecule has 4 rings (SSSR count). The van der Waals surface area contributed by atoms with Gasteiger partial charge in [0.1, 0.15) is 5.72 Å². The van der Waals surface area contributed by atoms with Crippen LogP contribution in [0.1, 0.15) is 43.7 Å². The highest BCUT2D eigenvalue weighted by molar-refractivity contribution is 6.76. The molecule has 1 amide bonds. The van der Waals surface area contributed by atoms with Gasteiger partial charge in [0.25, 0.3) is 0 Å². The molecule has 5 heteroatoms. The molecule has 1 saturated carbocycles. The maximum absolute atomic E-state index is 13.0. The van der Waals surface area contributed by atoms with Gasteiger partial charge in [-0.25, -0.2) is 0 Å². The van der Waals surface area contributed by atoms with Crippen molar-refractivity contribution in [3.63, 3.8) is 0 Å². The molecule has 0 unspecified atom stereocenters. The monoisotopic (exact) mass is 401 g/mol. The second-order valence-corrected chi connectivity index (χ2v) is 15.7. The number of piperidine rings is 1. The number of hydrogen-bond donors (Lipinski definition) is 0. The lowest BCUT2D eigenvalue weighted by Gasteiger charge is -2.53. The molecule has 4 nitrogen and oxygen atoms in total. The summed E-state index contributed by atoms with van der Waals surface area (Å²) >= 11 is 0. The van der Waals surface area contributed by atoms with Crippen molar-refractivity contribution >= 4 is 14.0 Å². The molecule has 1 aromatic rings. The summed E-state index contributed by atoms with van der Waals surface area (Å²) in [6.07, 6.45) is 4.87. The molecular formula is C23H35NO3Si. The van der Waals surface area contributed by atoms with Gasteiger partial charge in [0, 0.05) is 33.6 Å². The molecule has 3 aliphatic rings. The summed E-state index contributed by atoms with van der Waals surface area (Å²) in [5.41, 5.74) is 0.794. The third kappa shape index (κ3) is 3.81. The van der Waals surface area contributed by atoms with Crippen molar-refractivity contribution in [1.29, 1.82) is 0 Å². The van der Waals surface area contributed by atoms with Crippen LogP contribution in [0.15, 0.2) is 30.3 Å². The van der Waals surface area contributed by atoms with E-state index < -0.39 is 13.8 Å². The molecule has 2 aliphatic heterocycles. The minimum Gasteiger partial charge on any atom is -0.381 e. The summed E-state index contributed by atoms with van der Waals surface area (Å²) in [4.78, 5) is 15.1. The molecular weight excluding hydrogens is 366 g/mol. The van der Waals surface area contributed by atoms with Crippen molar-refractivity contribution in [3.05, 3.63) is 35.9 Å². The zero-order chi connectivity index (χ0) is 19.8. The van der Waals surface area contributed by atoms with Crippen molar-refractivity contribution in [2.24, 2.45) is 11.8 Å². The van der Waals surface area contributed by atoms with Crippen molar-refractivity contribution in [2.45, 2.75) is 69.6 Å². The van der Waals surface area contributed by atoms with Crippen molar-refractivity contribution in [3.8, 4) is 0 Å². The van der Waals surface area contributed by atoms with E-state index in [2.05, 4.69) is 48.8 Å². The molecule has 1 aliphatic carbocycles. The highest BCUT2D eigenvalue weighted by Gasteiger charge is 2.60. The van der Waals surface area contributed by atoms with Gasteiger partial charge in [-0.05, 0) is 43.2 Å². The summed E-state index contributed by atoms with van der Waals surface area (Å²) in [5, 5.41) is 0. The van der Waals surface area contributed by atoms with Crippen LogP contribution in [0, 0.1) is 11.8 Å². The van der Waals surface area contributed by atoms with E-state index in [0.29, 0.717) is 24.9 Å². The van der Waals surface area contributed by atoms with Crippen LogP contribution in [0.2, 0.25) is 25.7 Å². The third-order valence-corrected chi connectivity index (χ3v) is 8.62. The van der Waals surface area contributed by atoms with Crippen molar-refractivity contribution in [1.82, 2.24) is 4.90 Å². The van der Waals surface area contributed by atoms with Crippen LogP contribution in [0.4, 0.5) is 0 Å². The molecule has 28 heavy (non-hydrogen) atoms. The van der Waals surface area contributed by atoms with E-state index in [0.717, 1.165) is 32.5 Å². The number of benzene rings is 1. The molecule has 0 radical (unpaired) electrons. The van der Waals surface area contributed by atoms with Crippen LogP contribution in [0.3, 0.4) is 0 Å². The minimum atomic E-state index is -1.06. The lowest BCUT2D eigenvalue weighted by molar-refractivity contribution is -0.199. The van der Waals surface area contributed by atoms with Gasteiger partial charge in [-0.15, -0.1) is 0 Å².